The van der Waals surface area contributed by atoms with Gasteiger partial charge in [0.15, 0.2) is 0 Å². The van der Waals surface area contributed by atoms with Gasteiger partial charge in [-0.25, -0.2) is 0 Å². The Balaban J connectivity index is 2.05. The smallest absolute Gasteiger partial charge is 0.401 e. The monoisotopic (exact) mass is 275 g/mol. The second-order valence-corrected chi connectivity index (χ2v) is 4.03. The molecule has 0 bridgehead atoms. The standard InChI is InChI=1S/C13H16F3NO2/c14-13(15,16)10-17-9-12(18)19-8-4-7-11-5-2-1-3-6-11/h1-3,5-6,17H,4,7-10H2. The molecular weight excluding hydrogens is 259 g/mol. The summed E-state index contributed by atoms with van der Waals surface area (Å²) in [4.78, 5) is 11.1. The van der Waals surface area contributed by atoms with E-state index in [2.05, 4.69) is 0 Å². The van der Waals surface area contributed by atoms with E-state index in [4.69, 9.17) is 4.74 Å². The van der Waals surface area contributed by atoms with Crippen LogP contribution in [0.25, 0.3) is 0 Å². The molecule has 0 aliphatic rings. The van der Waals surface area contributed by atoms with Crippen LogP contribution in [0.2, 0.25) is 0 Å². The fraction of sp³-hybridized carbons (Fsp3) is 0.462. The zero-order chi connectivity index (χ0) is 14.1. The number of alkyl halides is 3. The molecule has 0 spiro atoms. The maximum atomic E-state index is 11.8. The van der Waals surface area contributed by atoms with Gasteiger partial charge in [-0.1, -0.05) is 30.3 Å². The number of carbonyl (C=O) groups excluding carboxylic acids is 1. The van der Waals surface area contributed by atoms with Gasteiger partial charge < -0.3 is 4.74 Å². The van der Waals surface area contributed by atoms with E-state index >= 15 is 0 Å². The molecule has 0 saturated carbocycles. The molecule has 0 aliphatic heterocycles. The fourth-order valence-corrected chi connectivity index (χ4v) is 1.46. The van der Waals surface area contributed by atoms with Crippen molar-refractivity contribution in [2.45, 2.75) is 19.0 Å². The number of benzene rings is 1. The third kappa shape index (κ3) is 8.20. The van der Waals surface area contributed by atoms with Gasteiger partial charge in [0.2, 0.25) is 0 Å². The lowest BCUT2D eigenvalue weighted by Gasteiger charge is -2.08. The Bertz CT molecular complexity index is 379. The lowest BCUT2D eigenvalue weighted by Crippen LogP contribution is -2.33. The summed E-state index contributed by atoms with van der Waals surface area (Å²) < 4.78 is 40.2. The molecular formula is C13H16F3NO2. The summed E-state index contributed by atoms with van der Waals surface area (Å²) in [6, 6.07) is 9.68. The summed E-state index contributed by atoms with van der Waals surface area (Å²) in [5.74, 6) is -0.669. The molecule has 19 heavy (non-hydrogen) atoms. The topological polar surface area (TPSA) is 38.3 Å². The lowest BCUT2D eigenvalue weighted by molar-refractivity contribution is -0.144. The van der Waals surface area contributed by atoms with E-state index in [0.717, 1.165) is 12.0 Å². The van der Waals surface area contributed by atoms with Crippen molar-refractivity contribution in [3.05, 3.63) is 35.9 Å². The molecule has 0 atom stereocenters. The van der Waals surface area contributed by atoms with Crippen molar-refractivity contribution in [2.24, 2.45) is 0 Å². The molecule has 0 aromatic heterocycles. The first-order valence-corrected chi connectivity index (χ1v) is 5.94. The third-order valence-electron chi connectivity index (χ3n) is 2.31. The van der Waals surface area contributed by atoms with Gasteiger partial charge in [0, 0.05) is 0 Å². The second kappa shape index (κ2) is 7.78. The molecule has 1 N–H and O–H groups in total. The number of nitrogens with one attached hydrogen (secondary N) is 1. The highest BCUT2D eigenvalue weighted by atomic mass is 19.4. The molecule has 0 unspecified atom stereocenters. The van der Waals surface area contributed by atoms with Crippen LogP contribution in [0, 0.1) is 0 Å². The van der Waals surface area contributed by atoms with E-state index < -0.39 is 25.2 Å². The Morgan fingerprint density at radius 3 is 2.53 bits per heavy atom. The summed E-state index contributed by atoms with van der Waals surface area (Å²) in [7, 11) is 0. The van der Waals surface area contributed by atoms with E-state index in [-0.39, 0.29) is 6.61 Å². The average Bonchev–Trinajstić information content (AvgIpc) is 2.34. The first kappa shape index (κ1) is 15.5. The van der Waals surface area contributed by atoms with Gasteiger partial charge >= 0.3 is 12.1 Å². The van der Waals surface area contributed by atoms with Crippen molar-refractivity contribution in [1.82, 2.24) is 5.32 Å². The summed E-state index contributed by atoms with van der Waals surface area (Å²) >= 11 is 0. The van der Waals surface area contributed by atoms with Gasteiger partial charge in [0.05, 0.1) is 19.7 Å². The third-order valence-corrected chi connectivity index (χ3v) is 2.31. The molecule has 6 heteroatoms. The van der Waals surface area contributed by atoms with Crippen molar-refractivity contribution in [3.8, 4) is 0 Å². The quantitative estimate of drug-likeness (QED) is 0.613. The van der Waals surface area contributed by atoms with E-state index in [9.17, 15) is 18.0 Å². The molecule has 1 aromatic rings. The zero-order valence-electron chi connectivity index (χ0n) is 10.4. The number of esters is 1. The molecule has 0 heterocycles. The summed E-state index contributed by atoms with van der Waals surface area (Å²) in [5, 5.41) is 1.98. The zero-order valence-corrected chi connectivity index (χ0v) is 10.4. The largest absolute Gasteiger partial charge is 0.465 e. The number of ether oxygens (including phenoxy) is 1. The van der Waals surface area contributed by atoms with Gasteiger partial charge in [-0.2, -0.15) is 13.2 Å². The molecule has 0 aliphatic carbocycles. The van der Waals surface area contributed by atoms with E-state index in [1.807, 2.05) is 35.6 Å². The van der Waals surface area contributed by atoms with Crippen molar-refractivity contribution in [3.63, 3.8) is 0 Å². The Labute approximate surface area is 109 Å². The summed E-state index contributed by atoms with van der Waals surface area (Å²) in [6.07, 6.45) is -2.90. The first-order valence-electron chi connectivity index (χ1n) is 5.94. The fourth-order valence-electron chi connectivity index (χ4n) is 1.46. The van der Waals surface area contributed by atoms with Gasteiger partial charge in [-0.3, -0.25) is 10.1 Å². The van der Waals surface area contributed by atoms with Crippen LogP contribution in [0.5, 0.6) is 0 Å². The molecule has 0 saturated heterocycles. The number of carbonyl (C=O) groups is 1. The van der Waals surface area contributed by atoms with Crippen LogP contribution in [-0.2, 0) is 16.0 Å². The van der Waals surface area contributed by atoms with Crippen molar-refractivity contribution in [2.75, 3.05) is 19.7 Å². The number of rotatable bonds is 7. The normalized spacial score (nSPS) is 11.3. The SMILES string of the molecule is O=C(CNCC(F)(F)F)OCCCc1ccccc1. The summed E-state index contributed by atoms with van der Waals surface area (Å²) in [5.41, 5.74) is 1.13. The average molecular weight is 275 g/mol. The molecule has 1 aromatic carbocycles. The van der Waals surface area contributed by atoms with Gasteiger partial charge in [0.1, 0.15) is 0 Å². The van der Waals surface area contributed by atoms with E-state index in [0.29, 0.717) is 6.42 Å². The summed E-state index contributed by atoms with van der Waals surface area (Å²) in [6.45, 7) is -1.40. The Morgan fingerprint density at radius 1 is 1.21 bits per heavy atom. The Hall–Kier alpha value is -1.56. The molecule has 106 valence electrons. The van der Waals surface area contributed by atoms with Crippen molar-refractivity contribution in [1.29, 1.82) is 0 Å². The maximum Gasteiger partial charge on any atom is 0.401 e. The minimum atomic E-state index is -4.31. The number of halogens is 3. The number of hydrogen-bond donors (Lipinski definition) is 1. The van der Waals surface area contributed by atoms with E-state index in [1.165, 1.54) is 0 Å². The second-order valence-electron chi connectivity index (χ2n) is 4.03. The van der Waals surface area contributed by atoms with Crippen LogP contribution < -0.4 is 5.32 Å². The number of aryl methyl sites for hydroxylation is 1. The maximum absolute atomic E-state index is 11.8. The molecule has 0 radical (unpaired) electrons. The number of hydrogen-bond acceptors (Lipinski definition) is 3. The van der Waals surface area contributed by atoms with Crippen LogP contribution >= 0.6 is 0 Å². The Morgan fingerprint density at radius 2 is 1.89 bits per heavy atom. The highest BCUT2D eigenvalue weighted by Crippen LogP contribution is 2.11. The highest BCUT2D eigenvalue weighted by molar-refractivity contribution is 5.71. The highest BCUT2D eigenvalue weighted by Gasteiger charge is 2.26. The molecule has 0 fully saturated rings. The van der Waals surface area contributed by atoms with Crippen molar-refractivity contribution < 1.29 is 22.7 Å². The van der Waals surface area contributed by atoms with Crippen LogP contribution in [0.4, 0.5) is 13.2 Å². The van der Waals surface area contributed by atoms with Crippen LogP contribution in [0.3, 0.4) is 0 Å². The van der Waals surface area contributed by atoms with Crippen LogP contribution in [0.15, 0.2) is 30.3 Å². The van der Waals surface area contributed by atoms with Gasteiger partial charge in [-0.15, -0.1) is 0 Å². The lowest BCUT2D eigenvalue weighted by atomic mass is 10.1. The van der Waals surface area contributed by atoms with E-state index in [1.54, 1.807) is 0 Å². The molecule has 3 nitrogen and oxygen atoms in total. The molecule has 1 rings (SSSR count). The predicted octanol–water partition coefficient (Wildman–Crippen LogP) is 2.31. The molecule has 0 amide bonds. The Kier molecular flexibility index (Phi) is 6.35. The first-order chi connectivity index (χ1) is 8.97. The van der Waals surface area contributed by atoms with Crippen LogP contribution in [0.1, 0.15) is 12.0 Å². The van der Waals surface area contributed by atoms with Gasteiger partial charge in [-0.05, 0) is 18.4 Å². The minimum Gasteiger partial charge on any atom is -0.465 e. The predicted molar refractivity (Wildman–Crippen MR) is 64.6 cm³/mol. The van der Waals surface area contributed by atoms with Crippen LogP contribution in [-0.4, -0.2) is 31.8 Å². The van der Waals surface area contributed by atoms with Gasteiger partial charge in [0.25, 0.3) is 0 Å². The minimum absolute atomic E-state index is 0.210. The van der Waals surface area contributed by atoms with Crippen molar-refractivity contribution >= 4 is 5.97 Å².